The monoisotopic (exact) mass is 247 g/mol. The van der Waals surface area contributed by atoms with Gasteiger partial charge in [0.25, 0.3) is 0 Å². The highest BCUT2D eigenvalue weighted by Gasteiger charge is 2.00. The maximum absolute atomic E-state index is 11.5. The van der Waals surface area contributed by atoms with Gasteiger partial charge in [-0.2, -0.15) is 5.26 Å². The summed E-state index contributed by atoms with van der Waals surface area (Å²) in [5.74, 6) is -0.0755. The number of rotatable bonds is 7. The average molecular weight is 247 g/mol. The zero-order valence-electron chi connectivity index (χ0n) is 10.4. The first-order chi connectivity index (χ1) is 8.76. The smallest absolute Gasteiger partial charge is 0.239 e. The van der Waals surface area contributed by atoms with Gasteiger partial charge in [-0.25, -0.2) is 0 Å². The lowest BCUT2D eigenvalue weighted by atomic mass is 10.2. The summed E-state index contributed by atoms with van der Waals surface area (Å²) in [4.78, 5) is 11.5. The molecule has 18 heavy (non-hydrogen) atoms. The van der Waals surface area contributed by atoms with E-state index in [4.69, 9.17) is 10.00 Å². The summed E-state index contributed by atoms with van der Waals surface area (Å²) in [5, 5.41) is 14.5. The molecule has 0 aliphatic rings. The second kappa shape index (κ2) is 8.09. The van der Waals surface area contributed by atoms with Crippen molar-refractivity contribution < 1.29 is 9.53 Å². The molecule has 0 unspecified atom stereocenters. The summed E-state index contributed by atoms with van der Waals surface area (Å²) in [6, 6.07) is 9.07. The highest BCUT2D eigenvalue weighted by atomic mass is 16.5. The van der Waals surface area contributed by atoms with Crippen LogP contribution in [0.4, 0.5) is 5.69 Å². The Bertz CT molecular complexity index is 426. The number of ether oxygens (including phenoxy) is 1. The van der Waals surface area contributed by atoms with Crippen LogP contribution in [0.1, 0.15) is 12.0 Å². The molecule has 0 atom stereocenters. The van der Waals surface area contributed by atoms with E-state index in [1.54, 1.807) is 25.3 Å². The summed E-state index contributed by atoms with van der Waals surface area (Å²) >= 11 is 0. The number of benzene rings is 1. The maximum atomic E-state index is 11.5. The average Bonchev–Trinajstić information content (AvgIpc) is 2.41. The minimum Gasteiger partial charge on any atom is -0.385 e. The van der Waals surface area contributed by atoms with Crippen LogP contribution in [-0.2, 0) is 9.53 Å². The first kappa shape index (κ1) is 14.0. The number of methoxy groups -OCH3 is 1. The number of nitrogens with zero attached hydrogens (tertiary/aromatic N) is 1. The number of carbonyl (C=O) groups is 1. The third-order valence-corrected chi connectivity index (χ3v) is 2.29. The molecule has 0 bridgehead atoms. The minimum absolute atomic E-state index is 0.0755. The Balaban J connectivity index is 2.27. The Kier molecular flexibility index (Phi) is 6.30. The molecular weight excluding hydrogens is 230 g/mol. The van der Waals surface area contributed by atoms with Crippen LogP contribution in [0.2, 0.25) is 0 Å². The number of carbonyl (C=O) groups excluding carboxylic acids is 1. The van der Waals surface area contributed by atoms with Crippen LogP contribution in [0.15, 0.2) is 24.3 Å². The highest BCUT2D eigenvalue weighted by molar-refractivity contribution is 5.80. The van der Waals surface area contributed by atoms with Crippen molar-refractivity contribution in [2.75, 3.05) is 32.1 Å². The van der Waals surface area contributed by atoms with Crippen LogP contribution in [0.3, 0.4) is 0 Å². The zero-order valence-corrected chi connectivity index (χ0v) is 10.4. The van der Waals surface area contributed by atoms with E-state index in [0.717, 1.165) is 12.1 Å². The molecule has 0 saturated heterocycles. The van der Waals surface area contributed by atoms with E-state index in [1.165, 1.54) is 0 Å². The van der Waals surface area contributed by atoms with Gasteiger partial charge >= 0.3 is 0 Å². The standard InChI is InChI=1S/C13H17N3O2/c1-18-7-3-6-15-13(17)10-16-12-5-2-4-11(8-12)9-14/h2,4-5,8,16H,3,6-7,10H2,1H3,(H,15,17). The van der Waals surface area contributed by atoms with E-state index >= 15 is 0 Å². The Morgan fingerprint density at radius 1 is 1.50 bits per heavy atom. The number of nitriles is 1. The van der Waals surface area contributed by atoms with Crippen LogP contribution >= 0.6 is 0 Å². The Morgan fingerprint density at radius 2 is 2.33 bits per heavy atom. The van der Waals surface area contributed by atoms with Gasteiger partial charge in [0.1, 0.15) is 0 Å². The van der Waals surface area contributed by atoms with Crippen LogP contribution in [0.25, 0.3) is 0 Å². The number of hydrogen-bond donors (Lipinski definition) is 2. The molecule has 5 heteroatoms. The molecule has 96 valence electrons. The molecule has 0 saturated carbocycles. The third-order valence-electron chi connectivity index (χ3n) is 2.29. The van der Waals surface area contributed by atoms with Crippen molar-refractivity contribution >= 4 is 11.6 Å². The lowest BCUT2D eigenvalue weighted by Crippen LogP contribution is -2.31. The van der Waals surface area contributed by atoms with Gasteiger partial charge in [0.15, 0.2) is 0 Å². The lowest BCUT2D eigenvalue weighted by Gasteiger charge is -2.07. The molecule has 1 aromatic carbocycles. The molecule has 1 aromatic rings. The number of nitrogens with one attached hydrogen (secondary N) is 2. The molecule has 0 fully saturated rings. The predicted octanol–water partition coefficient (Wildman–Crippen LogP) is 1.12. The second-order valence-corrected chi connectivity index (χ2v) is 3.74. The summed E-state index contributed by atoms with van der Waals surface area (Å²) in [5.41, 5.74) is 1.33. The van der Waals surface area contributed by atoms with Crippen molar-refractivity contribution in [3.05, 3.63) is 29.8 Å². The summed E-state index contributed by atoms with van der Waals surface area (Å²) in [7, 11) is 1.63. The van der Waals surface area contributed by atoms with Crippen molar-refractivity contribution in [1.29, 1.82) is 5.26 Å². The van der Waals surface area contributed by atoms with E-state index in [-0.39, 0.29) is 12.5 Å². The molecule has 0 heterocycles. The lowest BCUT2D eigenvalue weighted by molar-refractivity contribution is -0.119. The van der Waals surface area contributed by atoms with Crippen LogP contribution in [0, 0.1) is 11.3 Å². The Labute approximate surface area is 107 Å². The number of hydrogen-bond acceptors (Lipinski definition) is 4. The molecule has 1 amide bonds. The molecule has 5 nitrogen and oxygen atoms in total. The molecular formula is C13H17N3O2. The van der Waals surface area contributed by atoms with E-state index in [9.17, 15) is 4.79 Å². The highest BCUT2D eigenvalue weighted by Crippen LogP contribution is 2.08. The van der Waals surface area contributed by atoms with Gasteiger partial charge in [0, 0.05) is 25.9 Å². The minimum atomic E-state index is -0.0755. The summed E-state index contributed by atoms with van der Waals surface area (Å²) < 4.78 is 4.88. The van der Waals surface area contributed by atoms with Crippen LogP contribution in [-0.4, -0.2) is 32.7 Å². The van der Waals surface area contributed by atoms with E-state index in [1.807, 2.05) is 12.1 Å². The first-order valence-corrected chi connectivity index (χ1v) is 5.76. The Morgan fingerprint density at radius 3 is 3.06 bits per heavy atom. The van der Waals surface area contributed by atoms with Gasteiger partial charge < -0.3 is 15.4 Å². The van der Waals surface area contributed by atoms with E-state index in [2.05, 4.69) is 10.6 Å². The quantitative estimate of drug-likeness (QED) is 0.708. The molecule has 0 spiro atoms. The molecule has 0 radical (unpaired) electrons. The van der Waals surface area contributed by atoms with Gasteiger partial charge in [-0.05, 0) is 24.6 Å². The fraction of sp³-hybridized carbons (Fsp3) is 0.385. The molecule has 2 N–H and O–H groups in total. The van der Waals surface area contributed by atoms with Crippen LogP contribution < -0.4 is 10.6 Å². The third kappa shape index (κ3) is 5.32. The van der Waals surface area contributed by atoms with Gasteiger partial charge in [-0.1, -0.05) is 6.07 Å². The fourth-order valence-electron chi connectivity index (χ4n) is 1.39. The zero-order chi connectivity index (χ0) is 13.2. The Hall–Kier alpha value is -2.06. The largest absolute Gasteiger partial charge is 0.385 e. The first-order valence-electron chi connectivity index (χ1n) is 5.76. The van der Waals surface area contributed by atoms with Crippen molar-refractivity contribution in [2.24, 2.45) is 0 Å². The molecule has 0 aliphatic heterocycles. The van der Waals surface area contributed by atoms with Crippen molar-refractivity contribution in [2.45, 2.75) is 6.42 Å². The summed E-state index contributed by atoms with van der Waals surface area (Å²) in [6.45, 7) is 1.44. The van der Waals surface area contributed by atoms with Gasteiger partial charge in [-0.3, -0.25) is 4.79 Å². The fourth-order valence-corrected chi connectivity index (χ4v) is 1.39. The van der Waals surface area contributed by atoms with Crippen molar-refractivity contribution in [3.63, 3.8) is 0 Å². The molecule has 1 rings (SSSR count). The van der Waals surface area contributed by atoms with Gasteiger partial charge in [0.05, 0.1) is 18.2 Å². The van der Waals surface area contributed by atoms with Gasteiger partial charge in [0.2, 0.25) is 5.91 Å². The molecule has 0 aliphatic carbocycles. The van der Waals surface area contributed by atoms with Gasteiger partial charge in [-0.15, -0.1) is 0 Å². The normalized spacial score (nSPS) is 9.56. The topological polar surface area (TPSA) is 74.2 Å². The SMILES string of the molecule is COCCCNC(=O)CNc1cccc(C#N)c1. The summed E-state index contributed by atoms with van der Waals surface area (Å²) in [6.07, 6.45) is 0.798. The second-order valence-electron chi connectivity index (χ2n) is 3.74. The van der Waals surface area contributed by atoms with E-state index < -0.39 is 0 Å². The van der Waals surface area contributed by atoms with E-state index in [0.29, 0.717) is 18.7 Å². The predicted molar refractivity (Wildman–Crippen MR) is 69.1 cm³/mol. The molecule has 0 aromatic heterocycles. The maximum Gasteiger partial charge on any atom is 0.239 e. The number of anilines is 1. The number of amides is 1. The van der Waals surface area contributed by atoms with Crippen LogP contribution in [0.5, 0.6) is 0 Å². The van der Waals surface area contributed by atoms with Crippen molar-refractivity contribution in [1.82, 2.24) is 5.32 Å². The van der Waals surface area contributed by atoms with Crippen molar-refractivity contribution in [3.8, 4) is 6.07 Å².